The number of carbonyl (C=O) groups excluding carboxylic acids is 2. The molecule has 2 amide bonds. The van der Waals surface area contributed by atoms with E-state index in [0.29, 0.717) is 29.0 Å². The first kappa shape index (κ1) is 36.1. The van der Waals surface area contributed by atoms with Crippen molar-refractivity contribution >= 4 is 88.0 Å². The Bertz CT molecular complexity index is 1560. The molecule has 0 unspecified atom stereocenters. The Balaban J connectivity index is 0.000000293. The molecular formula is C28H18Br4N4O6Zn. The van der Waals surface area contributed by atoms with E-state index < -0.39 is 11.8 Å². The van der Waals surface area contributed by atoms with Crippen molar-refractivity contribution in [3.05, 3.63) is 113 Å². The molecule has 0 saturated heterocycles. The van der Waals surface area contributed by atoms with Gasteiger partial charge < -0.3 is 20.4 Å². The summed E-state index contributed by atoms with van der Waals surface area (Å²) in [5, 5.41) is 50.1. The van der Waals surface area contributed by atoms with Crippen LogP contribution in [0, 0.1) is 0 Å². The van der Waals surface area contributed by atoms with E-state index in [1.54, 1.807) is 48.5 Å². The standard InChI is InChI=1S/2C14H10Br2N2O3.Zn/c2*15-9-5-8(13(20)11(16)6-9)7-17-18-14(21)10-3-1-2-4-12(10)19;/h2*1-7,19-20H,(H,18,21);/q;;+2/p-2/b2*17-7+;. The first-order valence-corrected chi connectivity index (χ1v) is 14.7. The fourth-order valence-electron chi connectivity index (χ4n) is 3.12. The molecule has 43 heavy (non-hydrogen) atoms. The van der Waals surface area contributed by atoms with E-state index in [9.17, 15) is 30.0 Å². The van der Waals surface area contributed by atoms with Crippen LogP contribution >= 0.6 is 63.7 Å². The minimum absolute atomic E-state index is 0. The summed E-state index contributed by atoms with van der Waals surface area (Å²) in [6.45, 7) is 0. The van der Waals surface area contributed by atoms with Crippen LogP contribution in [0.4, 0.5) is 0 Å². The number of para-hydroxylation sites is 2. The number of hydrazone groups is 2. The maximum Gasteiger partial charge on any atom is 2.00 e. The number of rotatable bonds is 6. The monoisotopic (exact) mass is 886 g/mol. The predicted octanol–water partition coefficient (Wildman–Crippen LogP) is 5.51. The molecule has 216 valence electrons. The number of aromatic hydroxyl groups is 2. The fourth-order valence-corrected chi connectivity index (χ4v) is 5.64. The first-order chi connectivity index (χ1) is 20.0. The third kappa shape index (κ3) is 10.5. The average Bonchev–Trinajstić information content (AvgIpc) is 2.94. The summed E-state index contributed by atoms with van der Waals surface area (Å²) in [7, 11) is 0. The van der Waals surface area contributed by atoms with E-state index in [4.69, 9.17) is 0 Å². The number of hydrogen-bond acceptors (Lipinski definition) is 8. The van der Waals surface area contributed by atoms with Crippen LogP contribution in [0.2, 0.25) is 0 Å². The number of benzene rings is 4. The average molecular weight is 891 g/mol. The summed E-state index contributed by atoms with van der Waals surface area (Å²) in [5.41, 5.74) is 5.35. The molecule has 0 aliphatic carbocycles. The Hall–Kier alpha value is -3.10. The molecule has 4 aromatic rings. The fraction of sp³-hybridized carbons (Fsp3) is 0. The maximum absolute atomic E-state index is 11.8. The Morgan fingerprint density at radius 1 is 0.651 bits per heavy atom. The minimum Gasteiger partial charge on any atom is -0.871 e. The molecule has 0 bridgehead atoms. The number of halogens is 4. The van der Waals surface area contributed by atoms with Crippen LogP contribution in [0.5, 0.6) is 23.0 Å². The number of nitrogens with one attached hydrogen (secondary N) is 2. The molecule has 0 aliphatic heterocycles. The van der Waals surface area contributed by atoms with Gasteiger partial charge >= 0.3 is 19.5 Å². The molecule has 0 spiro atoms. The summed E-state index contributed by atoms with van der Waals surface area (Å²) >= 11 is 12.8. The summed E-state index contributed by atoms with van der Waals surface area (Å²) in [6.07, 6.45) is 2.49. The molecule has 0 heterocycles. The van der Waals surface area contributed by atoms with E-state index >= 15 is 0 Å². The number of amides is 2. The van der Waals surface area contributed by atoms with Gasteiger partial charge in [0, 0.05) is 17.9 Å². The predicted molar refractivity (Wildman–Crippen MR) is 169 cm³/mol. The summed E-state index contributed by atoms with van der Waals surface area (Å²) < 4.78 is 2.21. The van der Waals surface area contributed by atoms with Crippen molar-refractivity contribution in [2.75, 3.05) is 0 Å². The zero-order chi connectivity index (χ0) is 30.8. The number of phenolic OH excluding ortho intramolecular Hbond substituents is 2. The molecule has 0 atom stereocenters. The van der Waals surface area contributed by atoms with Crippen LogP contribution in [-0.2, 0) is 19.5 Å². The van der Waals surface area contributed by atoms with Gasteiger partial charge in [0.15, 0.2) is 0 Å². The van der Waals surface area contributed by atoms with Gasteiger partial charge in [0.05, 0.1) is 23.6 Å². The minimum atomic E-state index is -0.564. The van der Waals surface area contributed by atoms with Crippen molar-refractivity contribution < 1.29 is 49.5 Å². The SMILES string of the molecule is O=C(N/N=C/c1cc(Br)cc(Br)c1[O-])c1ccccc1O.O=C(N/N=C/c1cc(Br)cc(Br)c1[O-])c1ccccc1O.[Zn+2]. The molecule has 4 N–H and O–H groups in total. The van der Waals surface area contributed by atoms with Gasteiger partial charge in [-0.2, -0.15) is 10.2 Å². The topological polar surface area (TPSA) is 169 Å². The normalized spacial score (nSPS) is 10.5. The van der Waals surface area contributed by atoms with Crippen LogP contribution in [0.15, 0.2) is 101 Å². The second kappa shape index (κ2) is 17.3. The zero-order valence-corrected chi connectivity index (χ0v) is 31.0. The van der Waals surface area contributed by atoms with E-state index in [2.05, 4.69) is 84.8 Å². The van der Waals surface area contributed by atoms with Gasteiger partial charge in [-0.15, -0.1) is 0 Å². The van der Waals surface area contributed by atoms with Crippen LogP contribution in [-0.4, -0.2) is 34.5 Å². The molecule has 15 heteroatoms. The molecule has 10 nitrogen and oxygen atoms in total. The molecule has 0 fully saturated rings. The van der Waals surface area contributed by atoms with Gasteiger partial charge in [-0.25, -0.2) is 10.9 Å². The Kier molecular flexibility index (Phi) is 14.5. The van der Waals surface area contributed by atoms with E-state index in [-0.39, 0.29) is 53.6 Å². The largest absolute Gasteiger partial charge is 2.00 e. The van der Waals surface area contributed by atoms with Crippen LogP contribution in [0.3, 0.4) is 0 Å². The van der Waals surface area contributed by atoms with Crippen molar-refractivity contribution in [1.82, 2.24) is 10.9 Å². The molecule has 4 aromatic carbocycles. The van der Waals surface area contributed by atoms with E-state index in [1.807, 2.05) is 0 Å². The van der Waals surface area contributed by atoms with Crippen molar-refractivity contribution in [1.29, 1.82) is 0 Å². The Morgan fingerprint density at radius 2 is 1.00 bits per heavy atom. The first-order valence-electron chi connectivity index (χ1n) is 11.5. The number of phenols is 2. The maximum atomic E-state index is 11.8. The molecule has 0 saturated carbocycles. The zero-order valence-electron chi connectivity index (χ0n) is 21.7. The summed E-state index contributed by atoms with van der Waals surface area (Å²) in [4.78, 5) is 23.6. The smallest absolute Gasteiger partial charge is 0.871 e. The molecule has 0 aliphatic rings. The van der Waals surface area contributed by atoms with Gasteiger partial charge in [-0.1, -0.05) is 99.5 Å². The third-order valence-corrected chi connectivity index (χ3v) is 7.20. The van der Waals surface area contributed by atoms with Crippen LogP contribution in [0.25, 0.3) is 0 Å². The quantitative estimate of drug-likeness (QED) is 0.113. The van der Waals surface area contributed by atoms with Crippen LogP contribution < -0.4 is 21.1 Å². The summed E-state index contributed by atoms with van der Waals surface area (Å²) in [5.74, 6) is -1.88. The number of carbonyl (C=O) groups is 2. The molecular weight excluding hydrogens is 873 g/mol. The second-order valence-electron chi connectivity index (χ2n) is 8.04. The van der Waals surface area contributed by atoms with Gasteiger partial charge in [0.2, 0.25) is 0 Å². The van der Waals surface area contributed by atoms with E-state index in [0.717, 1.165) is 0 Å². The Labute approximate surface area is 292 Å². The van der Waals surface area contributed by atoms with Crippen molar-refractivity contribution in [2.24, 2.45) is 10.2 Å². The number of nitrogens with zero attached hydrogens (tertiary/aromatic N) is 2. The Morgan fingerprint density at radius 3 is 1.35 bits per heavy atom. The van der Waals surface area contributed by atoms with Crippen molar-refractivity contribution in [3.8, 4) is 23.0 Å². The summed E-state index contributed by atoms with van der Waals surface area (Å²) in [6, 6.07) is 18.6. The van der Waals surface area contributed by atoms with Gasteiger partial charge in [0.25, 0.3) is 11.8 Å². The molecule has 0 aromatic heterocycles. The van der Waals surface area contributed by atoms with Crippen molar-refractivity contribution in [2.45, 2.75) is 0 Å². The van der Waals surface area contributed by atoms with Crippen molar-refractivity contribution in [3.63, 3.8) is 0 Å². The van der Waals surface area contributed by atoms with Gasteiger partial charge in [-0.05, 0) is 59.7 Å². The van der Waals surface area contributed by atoms with Gasteiger partial charge in [0.1, 0.15) is 11.5 Å². The van der Waals surface area contributed by atoms with Crippen LogP contribution in [0.1, 0.15) is 31.8 Å². The molecule has 4 rings (SSSR count). The number of hydrogen-bond donors (Lipinski definition) is 4. The van der Waals surface area contributed by atoms with Gasteiger partial charge in [-0.3, -0.25) is 9.59 Å². The van der Waals surface area contributed by atoms with E-state index in [1.165, 1.54) is 36.7 Å². The third-order valence-electron chi connectivity index (χ3n) is 5.11. The molecule has 0 radical (unpaired) electrons. The second-order valence-corrected chi connectivity index (χ2v) is 11.6.